The smallest absolute Gasteiger partial charge is 0.309 e. The molecule has 0 aliphatic carbocycles. The monoisotopic (exact) mass is 997 g/mol. The van der Waals surface area contributed by atoms with E-state index in [1.165, 1.54) is 12.1 Å². The molecule has 8 heteroatoms. The molecule has 0 unspecified atom stereocenters. The summed E-state index contributed by atoms with van der Waals surface area (Å²) in [5.41, 5.74) is 14.8. The molecule has 5 nitrogen and oxygen atoms in total. The summed E-state index contributed by atoms with van der Waals surface area (Å²) in [7, 11) is 0. The van der Waals surface area contributed by atoms with Crippen LogP contribution in [0.15, 0.2) is 237 Å². The van der Waals surface area contributed by atoms with Crippen molar-refractivity contribution in [2.75, 3.05) is 0 Å². The van der Waals surface area contributed by atoms with Gasteiger partial charge in [-0.3, -0.25) is 0 Å². The highest BCUT2D eigenvalue weighted by molar-refractivity contribution is 6.28. The first-order valence-electron chi connectivity index (χ1n) is 25.6. The summed E-state index contributed by atoms with van der Waals surface area (Å²) in [6, 6.07) is 79.9. The maximum Gasteiger partial charge on any atom is 0.416 e. The van der Waals surface area contributed by atoms with Gasteiger partial charge < -0.3 is 18.3 Å². The number of aromatic nitrogens is 4. The highest BCUT2D eigenvalue weighted by Gasteiger charge is 2.32. The zero-order valence-electron chi connectivity index (χ0n) is 41.4. The van der Waals surface area contributed by atoms with Gasteiger partial charge in [0, 0.05) is 60.0 Å². The third kappa shape index (κ3) is 6.60. The Morgan fingerprint density at radius 1 is 0.364 bits per heavy atom. The van der Waals surface area contributed by atoms with Crippen molar-refractivity contribution in [1.29, 1.82) is 0 Å². The highest BCUT2D eigenvalue weighted by Crippen LogP contribution is 2.48. The largest absolute Gasteiger partial charge is 0.416 e. The average Bonchev–Trinajstić information content (AvgIpc) is 4.41. The molecule has 4 aromatic heterocycles. The van der Waals surface area contributed by atoms with Gasteiger partial charge in [-0.05, 0) is 120 Å². The van der Waals surface area contributed by atoms with Crippen LogP contribution in [0.3, 0.4) is 0 Å². The van der Waals surface area contributed by atoms with Crippen molar-refractivity contribution in [2.24, 2.45) is 0 Å². The molecule has 0 spiro atoms. The fraction of sp³-hybridized carbons (Fsp3) is 0.0290. The Hall–Kier alpha value is -10.1. The van der Waals surface area contributed by atoms with Gasteiger partial charge in [0.2, 0.25) is 0 Å². The molecule has 0 amide bonds. The Morgan fingerprint density at radius 2 is 0.844 bits per heavy atom. The summed E-state index contributed by atoms with van der Waals surface area (Å²) in [5, 5.41) is 8.75. The molecule has 0 saturated carbocycles. The Kier molecular flexibility index (Phi) is 9.63. The summed E-state index contributed by atoms with van der Waals surface area (Å²) in [6.07, 6.45) is -4.54. The molecule has 15 aromatic rings. The molecule has 0 N–H and O–H groups in total. The minimum absolute atomic E-state index is 0.452. The fourth-order valence-corrected chi connectivity index (χ4v) is 12.5. The van der Waals surface area contributed by atoms with E-state index in [9.17, 15) is 13.2 Å². The number of para-hydroxylation sites is 6. The Morgan fingerprint density at radius 3 is 1.36 bits per heavy atom. The molecule has 0 fully saturated rings. The van der Waals surface area contributed by atoms with Gasteiger partial charge in [-0.2, -0.15) is 13.2 Å². The van der Waals surface area contributed by atoms with Crippen LogP contribution < -0.4 is 0 Å². The predicted molar refractivity (Wildman–Crippen MR) is 311 cm³/mol. The number of benzene rings is 11. The van der Waals surface area contributed by atoms with Gasteiger partial charge in [0.1, 0.15) is 0 Å². The number of nitrogens with zero attached hydrogens (tertiary/aromatic N) is 5. The number of hydrogen-bond donors (Lipinski definition) is 0. The van der Waals surface area contributed by atoms with Crippen molar-refractivity contribution in [2.45, 2.75) is 13.1 Å². The van der Waals surface area contributed by atoms with Gasteiger partial charge in [-0.15, -0.1) is 0 Å². The van der Waals surface area contributed by atoms with Gasteiger partial charge >= 0.3 is 6.18 Å². The standard InChI is InChI=1S/C69H42F3N5/c1-42-37-44(39-45(38-42)69(70,71)72)43-29-31-51(64(40-43)77-60-28-16-12-24-55(60)66-63(77)36-33-53-50-22-10-14-26-58(50)75(68(53)66)48-19-7-4-8-20-48)56-41-46(73-2)30-34-61(56)76-59-27-15-11-23-54(59)65-62(76)35-32-52-49-21-9-13-25-57(49)74(67(52)65)47-17-5-3-6-18-47/h3-41H,1H3. The minimum atomic E-state index is -4.54. The number of alkyl halides is 3. The van der Waals surface area contributed by atoms with E-state index in [1.54, 1.807) is 6.92 Å². The van der Waals surface area contributed by atoms with Crippen molar-refractivity contribution in [1.82, 2.24) is 18.3 Å². The van der Waals surface area contributed by atoms with Gasteiger partial charge in [0.15, 0.2) is 5.69 Å². The molecule has 364 valence electrons. The lowest BCUT2D eigenvalue weighted by atomic mass is 9.94. The Balaban J connectivity index is 1.08. The van der Waals surface area contributed by atoms with Crippen LogP contribution in [0.4, 0.5) is 18.9 Å². The zero-order valence-corrected chi connectivity index (χ0v) is 41.4. The van der Waals surface area contributed by atoms with Crippen molar-refractivity contribution < 1.29 is 13.2 Å². The van der Waals surface area contributed by atoms with E-state index in [2.05, 4.69) is 187 Å². The molecule has 0 radical (unpaired) electrons. The normalized spacial score (nSPS) is 12.1. The van der Waals surface area contributed by atoms with Crippen LogP contribution in [0.25, 0.3) is 137 Å². The van der Waals surface area contributed by atoms with Gasteiger partial charge in [-0.25, -0.2) is 4.85 Å². The maximum absolute atomic E-state index is 14.6. The number of aryl methyl sites for hydroxylation is 1. The van der Waals surface area contributed by atoms with E-state index in [4.69, 9.17) is 6.57 Å². The maximum atomic E-state index is 14.6. The molecule has 0 bridgehead atoms. The second-order valence-corrected chi connectivity index (χ2v) is 19.9. The molecule has 4 heterocycles. The fourth-order valence-electron chi connectivity index (χ4n) is 12.5. The third-order valence-electron chi connectivity index (χ3n) is 15.6. The van der Waals surface area contributed by atoms with Crippen molar-refractivity contribution in [3.63, 3.8) is 0 Å². The summed E-state index contributed by atoms with van der Waals surface area (Å²) < 4.78 is 53.3. The van der Waals surface area contributed by atoms with Gasteiger partial charge in [0.25, 0.3) is 0 Å². The highest BCUT2D eigenvalue weighted by atomic mass is 19.4. The number of halogens is 3. The molecule has 0 saturated heterocycles. The SMILES string of the molecule is [C-]#[N+]c1ccc(-n2c3ccccc3c3c2ccc2c4ccccc4n(-c4ccccc4)c23)c(-c2ccc(-c3cc(C)cc(C(F)(F)F)c3)cc2-n2c3ccccc3c3c2ccc2c4ccccc4n(-c4ccccc4)c23)c1. The number of fused-ring (bicyclic) bond motifs is 14. The van der Waals surface area contributed by atoms with E-state index >= 15 is 0 Å². The molecular formula is C69H42F3N5. The van der Waals surface area contributed by atoms with Gasteiger partial charge in [-0.1, -0.05) is 146 Å². The second kappa shape index (κ2) is 16.7. The Bertz CT molecular complexity index is 4990. The predicted octanol–water partition coefficient (Wildman–Crippen LogP) is 19.3. The van der Waals surface area contributed by atoms with Crippen LogP contribution in [0.1, 0.15) is 11.1 Å². The van der Waals surface area contributed by atoms with E-state index in [0.29, 0.717) is 22.4 Å². The lowest BCUT2D eigenvalue weighted by Crippen LogP contribution is -2.05. The summed E-state index contributed by atoms with van der Waals surface area (Å²) >= 11 is 0. The Labute approximate surface area is 439 Å². The van der Waals surface area contributed by atoms with Crippen LogP contribution in [-0.4, -0.2) is 18.3 Å². The van der Waals surface area contributed by atoms with E-state index in [0.717, 1.165) is 121 Å². The topological polar surface area (TPSA) is 24.1 Å². The molecule has 0 atom stereocenters. The number of hydrogen-bond acceptors (Lipinski definition) is 0. The first-order valence-corrected chi connectivity index (χ1v) is 25.6. The van der Waals surface area contributed by atoms with Crippen molar-refractivity contribution >= 4 is 92.9 Å². The quantitative estimate of drug-likeness (QED) is 0.148. The zero-order chi connectivity index (χ0) is 51.7. The lowest BCUT2D eigenvalue weighted by Gasteiger charge is -2.20. The molecule has 15 rings (SSSR count). The summed E-state index contributed by atoms with van der Waals surface area (Å²) in [6.45, 7) is 10.1. The molecule has 77 heavy (non-hydrogen) atoms. The van der Waals surface area contributed by atoms with Crippen LogP contribution in [0.5, 0.6) is 0 Å². The second-order valence-electron chi connectivity index (χ2n) is 19.9. The van der Waals surface area contributed by atoms with E-state index in [1.807, 2.05) is 60.7 Å². The molecule has 0 aliphatic heterocycles. The minimum Gasteiger partial charge on any atom is -0.309 e. The van der Waals surface area contributed by atoms with Crippen LogP contribution in [-0.2, 0) is 6.18 Å². The van der Waals surface area contributed by atoms with Crippen LogP contribution in [0, 0.1) is 13.5 Å². The third-order valence-corrected chi connectivity index (χ3v) is 15.6. The average molecular weight is 998 g/mol. The van der Waals surface area contributed by atoms with E-state index in [-0.39, 0.29) is 0 Å². The van der Waals surface area contributed by atoms with Crippen molar-refractivity contribution in [3.05, 3.63) is 259 Å². The van der Waals surface area contributed by atoms with Crippen molar-refractivity contribution in [3.8, 4) is 45.0 Å². The molecular weight excluding hydrogens is 956 g/mol. The van der Waals surface area contributed by atoms with E-state index < -0.39 is 11.7 Å². The first-order chi connectivity index (χ1) is 37.7. The first kappa shape index (κ1) is 44.4. The molecule has 0 aliphatic rings. The lowest BCUT2D eigenvalue weighted by molar-refractivity contribution is -0.137. The molecule has 11 aromatic carbocycles. The summed E-state index contributed by atoms with van der Waals surface area (Å²) in [5.74, 6) is 0. The van der Waals surface area contributed by atoms with Crippen LogP contribution >= 0.6 is 0 Å². The van der Waals surface area contributed by atoms with Crippen LogP contribution in [0.2, 0.25) is 0 Å². The summed E-state index contributed by atoms with van der Waals surface area (Å²) in [4.78, 5) is 4.03. The number of rotatable bonds is 6. The van der Waals surface area contributed by atoms with Gasteiger partial charge in [0.05, 0.1) is 67.6 Å².